The van der Waals surface area contributed by atoms with Gasteiger partial charge in [-0.25, -0.2) is 0 Å². The number of rotatable bonds is 8. The van der Waals surface area contributed by atoms with Crippen molar-refractivity contribution in [2.24, 2.45) is 23.3 Å². The van der Waals surface area contributed by atoms with Crippen LogP contribution < -0.4 is 11.5 Å². The highest BCUT2D eigenvalue weighted by molar-refractivity contribution is 5.27. The largest absolute Gasteiger partial charge is 0.321 e. The minimum atomic E-state index is -0.390. The lowest BCUT2D eigenvalue weighted by atomic mass is 9.77. The number of hydrogen-bond donors (Lipinski definition) is 2. The molecule has 0 saturated carbocycles. The normalized spacial score (nSPS) is 15.7. The Hall–Kier alpha value is -2.12. The molecule has 0 aromatic heterocycles. The van der Waals surface area contributed by atoms with Gasteiger partial charge in [0.05, 0.1) is 0 Å². The number of hydrogen-bond acceptors (Lipinski definition) is 2. The number of nitrogens with two attached hydrogens (primary N) is 2. The van der Waals surface area contributed by atoms with Crippen LogP contribution in [0.4, 0.5) is 0 Å². The maximum atomic E-state index is 6.76. The third kappa shape index (κ3) is 4.99. The molecular weight excluding hydrogens is 328 g/mol. The van der Waals surface area contributed by atoms with Crippen LogP contribution in [0.3, 0.4) is 0 Å². The molecule has 4 N–H and O–H groups in total. The van der Waals surface area contributed by atoms with Gasteiger partial charge >= 0.3 is 0 Å². The van der Waals surface area contributed by atoms with E-state index >= 15 is 0 Å². The molecule has 0 saturated heterocycles. The van der Waals surface area contributed by atoms with Crippen LogP contribution in [0.5, 0.6) is 0 Å². The smallest absolute Gasteiger partial charge is 0.0473 e. The van der Waals surface area contributed by atoms with Crippen molar-refractivity contribution in [3.63, 3.8) is 0 Å². The Balaban J connectivity index is 2.15. The maximum absolute atomic E-state index is 6.76. The first-order valence-corrected chi connectivity index (χ1v) is 9.89. The third-order valence-corrected chi connectivity index (χ3v) is 5.80. The summed E-state index contributed by atoms with van der Waals surface area (Å²) in [6.45, 7) is 8.68. The second-order valence-electron chi connectivity index (χ2n) is 8.11. The van der Waals surface area contributed by atoms with Gasteiger partial charge in [0, 0.05) is 11.1 Å². The second-order valence-corrected chi connectivity index (χ2v) is 8.11. The fraction of sp³-hybridized carbons (Fsp3) is 0.400. The SMILES string of the molecule is CC(C)C(N)(CC=C=CCC(N)(c1ccccc1)C(C)C)c1ccccc1. The van der Waals surface area contributed by atoms with E-state index in [2.05, 4.69) is 69.8 Å². The Labute approximate surface area is 165 Å². The van der Waals surface area contributed by atoms with E-state index in [4.69, 9.17) is 11.5 Å². The third-order valence-electron chi connectivity index (χ3n) is 5.80. The summed E-state index contributed by atoms with van der Waals surface area (Å²) in [4.78, 5) is 0. The fourth-order valence-corrected chi connectivity index (χ4v) is 3.41. The molecule has 144 valence electrons. The maximum Gasteiger partial charge on any atom is 0.0473 e. The summed E-state index contributed by atoms with van der Waals surface area (Å²) in [5.41, 5.74) is 18.4. The zero-order chi connectivity index (χ0) is 19.9. The lowest BCUT2D eigenvalue weighted by molar-refractivity contribution is 0.318. The molecule has 0 heterocycles. The van der Waals surface area contributed by atoms with Crippen molar-refractivity contribution >= 4 is 0 Å². The van der Waals surface area contributed by atoms with Crippen LogP contribution >= 0.6 is 0 Å². The van der Waals surface area contributed by atoms with Crippen molar-refractivity contribution in [3.8, 4) is 0 Å². The Bertz CT molecular complexity index is 694. The lowest BCUT2D eigenvalue weighted by Gasteiger charge is -2.33. The van der Waals surface area contributed by atoms with Crippen LogP contribution in [-0.2, 0) is 11.1 Å². The summed E-state index contributed by atoms with van der Waals surface area (Å²) >= 11 is 0. The van der Waals surface area contributed by atoms with Gasteiger partial charge in [0.25, 0.3) is 0 Å². The van der Waals surface area contributed by atoms with Gasteiger partial charge in [-0.1, -0.05) is 88.4 Å². The van der Waals surface area contributed by atoms with Crippen LogP contribution in [0.1, 0.15) is 51.7 Å². The molecule has 27 heavy (non-hydrogen) atoms. The first-order chi connectivity index (χ1) is 12.8. The van der Waals surface area contributed by atoms with E-state index in [0.717, 1.165) is 24.0 Å². The van der Waals surface area contributed by atoms with Gasteiger partial charge in [0.1, 0.15) is 0 Å². The monoisotopic (exact) mass is 362 g/mol. The van der Waals surface area contributed by atoms with Crippen LogP contribution in [0.2, 0.25) is 0 Å². The quantitative estimate of drug-likeness (QED) is 0.609. The molecule has 2 aromatic rings. The molecule has 2 atom stereocenters. The van der Waals surface area contributed by atoms with E-state index < -0.39 is 0 Å². The van der Waals surface area contributed by atoms with Crippen LogP contribution in [0.25, 0.3) is 0 Å². The van der Waals surface area contributed by atoms with Crippen molar-refractivity contribution < 1.29 is 0 Å². The van der Waals surface area contributed by atoms with Crippen molar-refractivity contribution in [2.75, 3.05) is 0 Å². The van der Waals surface area contributed by atoms with Gasteiger partial charge in [0.2, 0.25) is 0 Å². The van der Waals surface area contributed by atoms with E-state index in [0.29, 0.717) is 11.8 Å². The van der Waals surface area contributed by atoms with Gasteiger partial charge in [-0.3, -0.25) is 0 Å². The molecule has 2 nitrogen and oxygen atoms in total. The highest BCUT2D eigenvalue weighted by Gasteiger charge is 2.30. The van der Waals surface area contributed by atoms with E-state index in [-0.39, 0.29) is 11.1 Å². The van der Waals surface area contributed by atoms with Gasteiger partial charge < -0.3 is 11.5 Å². The second kappa shape index (κ2) is 9.19. The van der Waals surface area contributed by atoms with Crippen molar-refractivity contribution in [2.45, 2.75) is 51.6 Å². The summed E-state index contributed by atoms with van der Waals surface area (Å²) in [5, 5.41) is 0. The molecule has 2 heteroatoms. The van der Waals surface area contributed by atoms with Crippen LogP contribution in [0.15, 0.2) is 78.5 Å². The molecule has 0 fully saturated rings. The summed E-state index contributed by atoms with van der Waals surface area (Å²) in [5.74, 6) is 0.651. The molecular formula is C25H34N2. The molecule has 2 rings (SSSR count). The van der Waals surface area contributed by atoms with Crippen molar-refractivity contribution in [3.05, 3.63) is 89.7 Å². The molecule has 0 amide bonds. The minimum Gasteiger partial charge on any atom is -0.321 e. The molecule has 0 spiro atoms. The Morgan fingerprint density at radius 1 is 0.704 bits per heavy atom. The van der Waals surface area contributed by atoms with Gasteiger partial charge in [-0.05, 0) is 48.0 Å². The van der Waals surface area contributed by atoms with Gasteiger partial charge in [-0.2, -0.15) is 0 Å². The van der Waals surface area contributed by atoms with Gasteiger partial charge in [0.15, 0.2) is 0 Å². The summed E-state index contributed by atoms with van der Waals surface area (Å²) < 4.78 is 0. The van der Waals surface area contributed by atoms with E-state index in [1.807, 2.05) is 36.4 Å². The molecule has 0 aliphatic rings. The summed E-state index contributed by atoms with van der Waals surface area (Å²) in [6.07, 6.45) is 5.60. The van der Waals surface area contributed by atoms with Crippen LogP contribution in [-0.4, -0.2) is 0 Å². The predicted octanol–water partition coefficient (Wildman–Crippen LogP) is 5.50. The van der Waals surface area contributed by atoms with E-state index in [9.17, 15) is 0 Å². The number of benzene rings is 2. The average molecular weight is 363 g/mol. The topological polar surface area (TPSA) is 52.0 Å². The van der Waals surface area contributed by atoms with E-state index in [1.165, 1.54) is 0 Å². The Kier molecular flexibility index (Phi) is 7.21. The standard InChI is InChI=1S/C25H34N2/c1-20(2)24(26,22-14-8-5-9-15-22)18-12-7-13-19-25(27,21(3)4)23-16-10-6-11-17-23/h5-6,8-17,20-21H,18-19,26-27H2,1-4H3. The Morgan fingerprint density at radius 2 is 1.04 bits per heavy atom. The van der Waals surface area contributed by atoms with E-state index in [1.54, 1.807) is 0 Å². The lowest BCUT2D eigenvalue weighted by Crippen LogP contribution is -2.41. The first-order valence-electron chi connectivity index (χ1n) is 9.89. The summed E-state index contributed by atoms with van der Waals surface area (Å²) in [6, 6.07) is 20.7. The molecule has 2 aromatic carbocycles. The molecule has 2 unspecified atom stereocenters. The van der Waals surface area contributed by atoms with Crippen LogP contribution in [0, 0.1) is 11.8 Å². The average Bonchev–Trinajstić information content (AvgIpc) is 2.68. The first kappa shape index (κ1) is 21.2. The van der Waals surface area contributed by atoms with Crippen molar-refractivity contribution in [1.82, 2.24) is 0 Å². The minimum absolute atomic E-state index is 0.325. The molecule has 0 bridgehead atoms. The highest BCUT2D eigenvalue weighted by Crippen LogP contribution is 2.32. The molecule has 0 aliphatic carbocycles. The fourth-order valence-electron chi connectivity index (χ4n) is 3.41. The van der Waals surface area contributed by atoms with Crippen molar-refractivity contribution in [1.29, 1.82) is 0 Å². The zero-order valence-corrected chi connectivity index (χ0v) is 17.2. The zero-order valence-electron chi connectivity index (χ0n) is 17.2. The highest BCUT2D eigenvalue weighted by atomic mass is 14.8. The van der Waals surface area contributed by atoms with Gasteiger partial charge in [-0.15, -0.1) is 5.73 Å². The molecule has 0 radical (unpaired) electrons. The predicted molar refractivity (Wildman–Crippen MR) is 116 cm³/mol. The Morgan fingerprint density at radius 3 is 1.33 bits per heavy atom. The molecule has 0 aliphatic heterocycles. The summed E-state index contributed by atoms with van der Waals surface area (Å²) in [7, 11) is 0.